The summed E-state index contributed by atoms with van der Waals surface area (Å²) in [4.78, 5) is 19.5. The van der Waals surface area contributed by atoms with Gasteiger partial charge in [-0.1, -0.05) is 11.6 Å². The van der Waals surface area contributed by atoms with Gasteiger partial charge in [-0.3, -0.25) is 14.7 Å². The molecule has 1 aromatic heterocycles. The number of likely N-dealkylation sites (tertiary alicyclic amines) is 1. The fourth-order valence-electron chi connectivity index (χ4n) is 5.08. The van der Waals surface area contributed by atoms with Crippen LogP contribution < -0.4 is 9.47 Å². The maximum atomic E-state index is 15.8. The summed E-state index contributed by atoms with van der Waals surface area (Å²) in [6, 6.07) is 8.29. The third-order valence-corrected chi connectivity index (χ3v) is 7.64. The monoisotopic (exact) mass is 564 g/mol. The number of benzene rings is 2. The van der Waals surface area contributed by atoms with Gasteiger partial charge in [-0.15, -0.1) is 0 Å². The van der Waals surface area contributed by atoms with Crippen molar-refractivity contribution in [2.24, 2.45) is 5.41 Å². The van der Waals surface area contributed by atoms with Gasteiger partial charge >= 0.3 is 5.97 Å². The van der Waals surface area contributed by atoms with E-state index in [0.717, 1.165) is 18.2 Å². The molecule has 3 aromatic rings. The lowest BCUT2D eigenvalue weighted by atomic mass is 9.74. The number of methoxy groups -OCH3 is 1. The predicted molar refractivity (Wildman–Crippen MR) is 143 cm³/mol. The normalized spacial score (nSPS) is 16.2. The van der Waals surface area contributed by atoms with E-state index in [9.17, 15) is 13.6 Å². The van der Waals surface area contributed by atoms with Gasteiger partial charge in [-0.25, -0.2) is 13.2 Å². The van der Waals surface area contributed by atoms with Gasteiger partial charge in [0.1, 0.15) is 24.3 Å². The van der Waals surface area contributed by atoms with E-state index >= 15 is 4.39 Å². The topological polar surface area (TPSA) is 60.9 Å². The van der Waals surface area contributed by atoms with E-state index in [-0.39, 0.29) is 42.8 Å². The smallest absolute Gasteiger partial charge is 0.312 e. The minimum atomic E-state index is -1.42. The van der Waals surface area contributed by atoms with Gasteiger partial charge in [0.2, 0.25) is 0 Å². The third kappa shape index (κ3) is 6.76. The fraction of sp³-hybridized carbons (Fsp3) is 0.448. The maximum Gasteiger partial charge on any atom is 0.312 e. The van der Waals surface area contributed by atoms with Crippen molar-refractivity contribution in [1.29, 1.82) is 0 Å². The van der Waals surface area contributed by atoms with Crippen molar-refractivity contribution in [3.8, 4) is 11.5 Å². The molecular weight excluding hydrogens is 533 g/mol. The Balaban J connectivity index is 1.41. The first-order valence-electron chi connectivity index (χ1n) is 13.0. The first-order valence-corrected chi connectivity index (χ1v) is 13.4. The lowest BCUT2D eigenvalue weighted by Gasteiger charge is -2.40. The van der Waals surface area contributed by atoms with Gasteiger partial charge in [0.25, 0.3) is 0 Å². The molecule has 0 radical (unpaired) electrons. The standard InChI is InChI=1S/C29H32ClF3N2O4/c1-3-38-28(36)29(10-12-35(13-11-29)14-15-39-26-16-19(31)4-6-23(26)32)9-8-24(33)27-21-17-20(37-2)5-7-25(21)34-18-22(27)30/h4-7,16-18,24H,3,8-15H2,1-2H3/t24-/m1/s1. The molecule has 2 aromatic carbocycles. The number of esters is 1. The number of hydrogen-bond donors (Lipinski definition) is 0. The summed E-state index contributed by atoms with van der Waals surface area (Å²) >= 11 is 6.39. The number of carbonyl (C=O) groups excluding carboxylic acids is 1. The van der Waals surface area contributed by atoms with Crippen LogP contribution in [-0.2, 0) is 9.53 Å². The Bertz CT molecular complexity index is 1300. The van der Waals surface area contributed by atoms with Crippen LogP contribution in [0.1, 0.15) is 44.3 Å². The fourth-order valence-corrected chi connectivity index (χ4v) is 5.35. The van der Waals surface area contributed by atoms with Crippen LogP contribution >= 0.6 is 11.6 Å². The second kappa shape index (κ2) is 12.9. The molecule has 0 amide bonds. The number of pyridine rings is 1. The highest BCUT2D eigenvalue weighted by Crippen LogP contribution is 2.43. The summed E-state index contributed by atoms with van der Waals surface area (Å²) in [5, 5.41) is 0.794. The molecule has 0 bridgehead atoms. The van der Waals surface area contributed by atoms with Crippen molar-refractivity contribution in [3.63, 3.8) is 0 Å². The molecule has 1 saturated heterocycles. The Morgan fingerprint density at radius 2 is 1.95 bits per heavy atom. The Labute approximate surface area is 231 Å². The number of fused-ring (bicyclic) bond motifs is 1. The summed E-state index contributed by atoms with van der Waals surface area (Å²) in [5.41, 5.74) is 0.102. The number of aromatic nitrogens is 1. The van der Waals surface area contributed by atoms with E-state index < -0.39 is 23.2 Å². The number of hydrogen-bond acceptors (Lipinski definition) is 6. The van der Waals surface area contributed by atoms with Crippen LogP contribution in [0.4, 0.5) is 13.2 Å². The second-order valence-corrected chi connectivity index (χ2v) is 10.1. The van der Waals surface area contributed by atoms with Crippen LogP contribution in [0.3, 0.4) is 0 Å². The molecule has 0 unspecified atom stereocenters. The first kappa shape index (κ1) is 29.0. The molecule has 1 atom stereocenters. The van der Waals surface area contributed by atoms with E-state index in [2.05, 4.69) is 9.88 Å². The number of rotatable bonds is 11. The van der Waals surface area contributed by atoms with Crippen LogP contribution in [0.5, 0.6) is 11.5 Å². The Hall–Kier alpha value is -3.04. The van der Waals surface area contributed by atoms with E-state index in [0.29, 0.717) is 54.7 Å². The molecule has 1 fully saturated rings. The summed E-state index contributed by atoms with van der Waals surface area (Å²) in [7, 11) is 1.53. The summed E-state index contributed by atoms with van der Waals surface area (Å²) in [6.45, 7) is 3.73. The highest BCUT2D eigenvalue weighted by molar-refractivity contribution is 6.32. The summed E-state index contributed by atoms with van der Waals surface area (Å²) < 4.78 is 59.1. The van der Waals surface area contributed by atoms with Gasteiger partial charge in [-0.2, -0.15) is 0 Å². The van der Waals surface area contributed by atoms with Crippen molar-refractivity contribution >= 4 is 28.5 Å². The van der Waals surface area contributed by atoms with Gasteiger partial charge in [0.05, 0.1) is 29.7 Å². The van der Waals surface area contributed by atoms with Crippen LogP contribution in [-0.4, -0.2) is 55.8 Å². The summed E-state index contributed by atoms with van der Waals surface area (Å²) in [5.74, 6) is -1.10. The first-order chi connectivity index (χ1) is 18.8. The number of halogens is 4. The molecule has 210 valence electrons. The minimum Gasteiger partial charge on any atom is -0.497 e. The zero-order valence-electron chi connectivity index (χ0n) is 22.0. The Kier molecular flexibility index (Phi) is 9.56. The molecule has 39 heavy (non-hydrogen) atoms. The molecule has 10 heteroatoms. The van der Waals surface area contributed by atoms with E-state index in [4.69, 9.17) is 25.8 Å². The molecule has 1 aliphatic heterocycles. The second-order valence-electron chi connectivity index (χ2n) is 9.67. The maximum absolute atomic E-state index is 15.8. The summed E-state index contributed by atoms with van der Waals surface area (Å²) in [6.07, 6.45) is 1.34. The largest absolute Gasteiger partial charge is 0.497 e. The van der Waals surface area contributed by atoms with Crippen LogP contribution in [0.2, 0.25) is 5.02 Å². The molecule has 0 N–H and O–H groups in total. The van der Waals surface area contributed by atoms with Gasteiger partial charge in [-0.05, 0) is 76.0 Å². The van der Waals surface area contributed by atoms with Gasteiger partial charge < -0.3 is 14.2 Å². The number of alkyl halides is 1. The van der Waals surface area contributed by atoms with Crippen LogP contribution in [0.25, 0.3) is 10.9 Å². The molecule has 2 heterocycles. The zero-order chi connectivity index (χ0) is 28.0. The van der Waals surface area contributed by atoms with Crippen molar-refractivity contribution in [2.75, 3.05) is 40.0 Å². The molecule has 1 aliphatic rings. The van der Waals surface area contributed by atoms with Crippen molar-refractivity contribution in [3.05, 3.63) is 64.8 Å². The SMILES string of the molecule is CCOC(=O)C1(CC[C@@H](F)c2c(Cl)cnc3ccc(OC)cc23)CCN(CCOc2cc(F)ccc2F)CC1. The average molecular weight is 565 g/mol. The minimum absolute atomic E-state index is 0.0802. The molecule has 4 rings (SSSR count). The predicted octanol–water partition coefficient (Wildman–Crippen LogP) is 6.69. The average Bonchev–Trinajstić information content (AvgIpc) is 2.94. The molecule has 0 saturated carbocycles. The molecule has 0 spiro atoms. The van der Waals surface area contributed by atoms with Gasteiger partial charge in [0.15, 0.2) is 11.6 Å². The van der Waals surface area contributed by atoms with Gasteiger partial charge in [0, 0.05) is 29.8 Å². The quantitative estimate of drug-likeness (QED) is 0.242. The zero-order valence-corrected chi connectivity index (χ0v) is 22.8. The van der Waals surface area contributed by atoms with Crippen LogP contribution in [0.15, 0.2) is 42.6 Å². The number of ether oxygens (including phenoxy) is 3. The Morgan fingerprint density at radius 1 is 1.18 bits per heavy atom. The number of nitrogens with zero attached hydrogens (tertiary/aromatic N) is 2. The lowest BCUT2D eigenvalue weighted by Crippen LogP contribution is -2.46. The molecule has 0 aliphatic carbocycles. The van der Waals surface area contributed by atoms with Crippen LogP contribution in [0, 0.1) is 17.0 Å². The highest BCUT2D eigenvalue weighted by atomic mass is 35.5. The number of carbonyl (C=O) groups is 1. The van der Waals surface area contributed by atoms with E-state index in [1.54, 1.807) is 25.1 Å². The highest BCUT2D eigenvalue weighted by Gasteiger charge is 2.43. The van der Waals surface area contributed by atoms with Crippen molar-refractivity contribution < 1.29 is 32.2 Å². The Morgan fingerprint density at radius 3 is 2.67 bits per heavy atom. The van der Waals surface area contributed by atoms with E-state index in [1.165, 1.54) is 13.3 Å². The van der Waals surface area contributed by atoms with E-state index in [1.807, 2.05) is 0 Å². The third-order valence-electron chi connectivity index (χ3n) is 7.34. The molecular formula is C29H32ClF3N2O4. The van der Waals surface area contributed by atoms with Crippen molar-refractivity contribution in [2.45, 2.75) is 38.8 Å². The molecule has 6 nitrogen and oxygen atoms in total. The number of piperidine rings is 1. The lowest BCUT2D eigenvalue weighted by molar-refractivity contribution is -0.159. The van der Waals surface area contributed by atoms with Crippen molar-refractivity contribution in [1.82, 2.24) is 9.88 Å².